The first-order valence-electron chi connectivity index (χ1n) is 10.7. The van der Waals surface area contributed by atoms with E-state index in [0.717, 1.165) is 11.1 Å². The van der Waals surface area contributed by atoms with Gasteiger partial charge in [-0.05, 0) is 44.2 Å². The number of carbonyl (C=O) groups excluding carboxylic acids is 2. The molecule has 0 saturated heterocycles. The van der Waals surface area contributed by atoms with Crippen LogP contribution in [0.3, 0.4) is 0 Å². The quantitative estimate of drug-likeness (QED) is 0.389. The lowest BCUT2D eigenvalue weighted by Crippen LogP contribution is -2.20. The first-order chi connectivity index (χ1) is 16.0. The van der Waals surface area contributed by atoms with E-state index in [2.05, 4.69) is 5.32 Å². The number of ether oxygens (including phenoxy) is 2. The van der Waals surface area contributed by atoms with Crippen molar-refractivity contribution in [2.45, 2.75) is 13.8 Å². The van der Waals surface area contributed by atoms with E-state index in [0.29, 0.717) is 33.6 Å². The molecule has 0 aliphatic rings. The average Bonchev–Trinajstić information content (AvgIpc) is 2.84. The molecule has 1 N–H and O–H groups in total. The zero-order chi connectivity index (χ0) is 23.2. The Balaban J connectivity index is 1.65. The maximum atomic E-state index is 12.5. The summed E-state index contributed by atoms with van der Waals surface area (Å²) in [5, 5.41) is 3.45. The van der Waals surface area contributed by atoms with Crippen LogP contribution < -0.4 is 10.1 Å². The monoisotopic (exact) mass is 440 g/mol. The van der Waals surface area contributed by atoms with E-state index >= 15 is 0 Å². The molecule has 0 aliphatic carbocycles. The van der Waals surface area contributed by atoms with Gasteiger partial charge in [0, 0.05) is 22.7 Å². The summed E-state index contributed by atoms with van der Waals surface area (Å²) in [6.07, 6.45) is 0. The lowest BCUT2D eigenvalue weighted by molar-refractivity contribution is -0.118. The topological polar surface area (TPSA) is 77.5 Å². The molecule has 1 amide bonds. The van der Waals surface area contributed by atoms with E-state index in [1.165, 1.54) is 0 Å². The van der Waals surface area contributed by atoms with Crippen LogP contribution in [-0.2, 0) is 9.53 Å². The van der Waals surface area contributed by atoms with Gasteiger partial charge in [0.2, 0.25) is 0 Å². The average molecular weight is 440 g/mol. The summed E-state index contributed by atoms with van der Waals surface area (Å²) >= 11 is 0. The number of pyridine rings is 1. The summed E-state index contributed by atoms with van der Waals surface area (Å²) < 4.78 is 11.0. The number of hydrogen-bond acceptors (Lipinski definition) is 5. The molecule has 6 nitrogen and oxygen atoms in total. The largest absolute Gasteiger partial charge is 0.483 e. The number of aryl methyl sites for hydroxylation is 1. The molecule has 0 unspecified atom stereocenters. The Bertz CT molecular complexity index is 1290. The van der Waals surface area contributed by atoms with Gasteiger partial charge in [0.15, 0.2) is 6.61 Å². The van der Waals surface area contributed by atoms with Crippen LogP contribution in [-0.4, -0.2) is 30.1 Å². The summed E-state index contributed by atoms with van der Waals surface area (Å²) in [7, 11) is 0. The van der Waals surface area contributed by atoms with Gasteiger partial charge in [0.1, 0.15) is 5.75 Å². The van der Waals surface area contributed by atoms with E-state index in [1.807, 2.05) is 61.5 Å². The molecule has 166 valence electrons. The van der Waals surface area contributed by atoms with Crippen molar-refractivity contribution in [2.24, 2.45) is 0 Å². The molecule has 0 saturated carbocycles. The second-order valence-corrected chi connectivity index (χ2v) is 7.53. The zero-order valence-electron chi connectivity index (χ0n) is 18.5. The highest BCUT2D eigenvalue weighted by Gasteiger charge is 2.14. The molecule has 0 spiro atoms. The number of esters is 1. The molecule has 0 radical (unpaired) electrons. The van der Waals surface area contributed by atoms with Crippen molar-refractivity contribution in [3.63, 3.8) is 0 Å². The Kier molecular flexibility index (Phi) is 6.64. The Labute approximate surface area is 192 Å². The minimum atomic E-state index is -0.422. The van der Waals surface area contributed by atoms with Gasteiger partial charge in [-0.2, -0.15) is 0 Å². The standard InChI is InChI=1S/C27H24N2O4/c1-3-32-27(31)20-11-14-23-22(15-20)25(16-24(29-23)19-7-5-4-6-8-19)33-17-26(30)28-21-12-9-18(2)10-13-21/h4-16H,3,17H2,1-2H3,(H,28,30). The van der Waals surface area contributed by atoms with Crippen molar-refractivity contribution in [1.29, 1.82) is 0 Å². The molecule has 0 aliphatic heterocycles. The maximum Gasteiger partial charge on any atom is 0.338 e. The van der Waals surface area contributed by atoms with E-state index in [1.54, 1.807) is 31.2 Å². The van der Waals surface area contributed by atoms with Crippen LogP contribution in [0.2, 0.25) is 0 Å². The SMILES string of the molecule is CCOC(=O)c1ccc2nc(-c3ccccc3)cc(OCC(=O)Nc3ccc(C)cc3)c2c1. The Hall–Kier alpha value is -4.19. The van der Waals surface area contributed by atoms with Crippen LogP contribution in [0, 0.1) is 6.92 Å². The number of benzene rings is 3. The van der Waals surface area contributed by atoms with Crippen molar-refractivity contribution in [3.8, 4) is 17.0 Å². The van der Waals surface area contributed by atoms with Gasteiger partial charge >= 0.3 is 5.97 Å². The van der Waals surface area contributed by atoms with Crippen LogP contribution >= 0.6 is 0 Å². The third kappa shape index (κ3) is 5.36. The predicted octanol–water partition coefficient (Wildman–Crippen LogP) is 5.40. The van der Waals surface area contributed by atoms with E-state index in [4.69, 9.17) is 14.5 Å². The fraction of sp³-hybridized carbons (Fsp3) is 0.148. The number of aromatic nitrogens is 1. The Morgan fingerprint density at radius 3 is 2.42 bits per heavy atom. The first-order valence-corrected chi connectivity index (χ1v) is 10.7. The highest BCUT2D eigenvalue weighted by atomic mass is 16.5. The normalized spacial score (nSPS) is 10.6. The summed E-state index contributed by atoms with van der Waals surface area (Å²) in [6.45, 7) is 3.83. The van der Waals surface area contributed by atoms with Crippen molar-refractivity contribution in [2.75, 3.05) is 18.5 Å². The summed E-state index contributed by atoms with van der Waals surface area (Å²) in [5.74, 6) is -0.245. The van der Waals surface area contributed by atoms with Gasteiger partial charge in [0.25, 0.3) is 5.91 Å². The lowest BCUT2D eigenvalue weighted by atomic mass is 10.1. The molecular weight excluding hydrogens is 416 g/mol. The summed E-state index contributed by atoms with van der Waals surface area (Å²) in [6, 6.07) is 24.1. The van der Waals surface area contributed by atoms with Crippen molar-refractivity contribution >= 4 is 28.5 Å². The van der Waals surface area contributed by atoms with Gasteiger partial charge < -0.3 is 14.8 Å². The first kappa shape index (κ1) is 22.0. The van der Waals surface area contributed by atoms with Crippen LogP contribution in [0.5, 0.6) is 5.75 Å². The highest BCUT2D eigenvalue weighted by molar-refractivity contribution is 5.97. The molecule has 6 heteroatoms. The lowest BCUT2D eigenvalue weighted by Gasteiger charge is -2.13. The molecule has 3 aromatic carbocycles. The number of hydrogen-bond donors (Lipinski definition) is 1. The molecule has 1 aromatic heterocycles. The molecule has 0 atom stereocenters. The molecule has 33 heavy (non-hydrogen) atoms. The molecule has 0 fully saturated rings. The molecule has 0 bridgehead atoms. The third-order valence-corrected chi connectivity index (χ3v) is 5.05. The van der Waals surface area contributed by atoms with Gasteiger partial charge in [-0.25, -0.2) is 9.78 Å². The minimum Gasteiger partial charge on any atom is -0.483 e. The van der Waals surface area contributed by atoms with Crippen LogP contribution in [0.1, 0.15) is 22.8 Å². The fourth-order valence-corrected chi connectivity index (χ4v) is 3.39. The highest BCUT2D eigenvalue weighted by Crippen LogP contribution is 2.31. The molecule has 1 heterocycles. The minimum absolute atomic E-state index is 0.190. The smallest absolute Gasteiger partial charge is 0.338 e. The Morgan fingerprint density at radius 2 is 1.70 bits per heavy atom. The maximum absolute atomic E-state index is 12.5. The second kappa shape index (κ2) is 9.96. The number of anilines is 1. The van der Waals surface area contributed by atoms with Gasteiger partial charge in [0.05, 0.1) is 23.4 Å². The second-order valence-electron chi connectivity index (χ2n) is 7.53. The third-order valence-electron chi connectivity index (χ3n) is 5.05. The van der Waals surface area contributed by atoms with Crippen LogP contribution in [0.25, 0.3) is 22.2 Å². The molecule has 4 rings (SSSR count). The predicted molar refractivity (Wildman–Crippen MR) is 128 cm³/mol. The number of nitrogens with one attached hydrogen (secondary N) is 1. The van der Waals surface area contributed by atoms with Gasteiger partial charge in [-0.1, -0.05) is 48.0 Å². The van der Waals surface area contributed by atoms with E-state index in [9.17, 15) is 9.59 Å². The van der Waals surface area contributed by atoms with Crippen LogP contribution in [0.4, 0.5) is 5.69 Å². The summed E-state index contributed by atoms with van der Waals surface area (Å²) in [4.78, 5) is 29.5. The molecular formula is C27H24N2O4. The van der Waals surface area contributed by atoms with Gasteiger partial charge in [-0.3, -0.25) is 4.79 Å². The zero-order valence-corrected chi connectivity index (χ0v) is 18.5. The number of amides is 1. The number of nitrogens with zero attached hydrogens (tertiary/aromatic N) is 1. The van der Waals surface area contributed by atoms with Crippen molar-refractivity contribution in [1.82, 2.24) is 4.98 Å². The van der Waals surface area contributed by atoms with E-state index in [-0.39, 0.29) is 19.1 Å². The van der Waals surface area contributed by atoms with Crippen molar-refractivity contribution < 1.29 is 19.1 Å². The number of rotatable bonds is 7. The fourth-order valence-electron chi connectivity index (χ4n) is 3.39. The number of carbonyl (C=O) groups is 2. The summed E-state index contributed by atoms with van der Waals surface area (Å²) in [5.41, 5.74) is 4.48. The number of fused-ring (bicyclic) bond motifs is 1. The van der Waals surface area contributed by atoms with Crippen molar-refractivity contribution in [3.05, 3.63) is 90.0 Å². The Morgan fingerprint density at radius 1 is 0.939 bits per heavy atom. The van der Waals surface area contributed by atoms with Gasteiger partial charge in [-0.15, -0.1) is 0 Å². The molecule has 4 aromatic rings. The van der Waals surface area contributed by atoms with E-state index < -0.39 is 5.97 Å². The van der Waals surface area contributed by atoms with Crippen LogP contribution in [0.15, 0.2) is 78.9 Å².